The quantitative estimate of drug-likeness (QED) is 0.667. The normalized spacial score (nSPS) is 21.0. The van der Waals surface area contributed by atoms with Gasteiger partial charge >= 0.3 is 0 Å². The molecule has 0 aliphatic carbocycles. The van der Waals surface area contributed by atoms with Gasteiger partial charge in [-0.3, -0.25) is 9.69 Å². The second-order valence-corrected chi connectivity index (χ2v) is 7.74. The summed E-state index contributed by atoms with van der Waals surface area (Å²) in [6.07, 6.45) is 1.54. The van der Waals surface area contributed by atoms with E-state index in [0.29, 0.717) is 43.0 Å². The summed E-state index contributed by atoms with van der Waals surface area (Å²) in [5, 5.41) is 4.47. The molecule has 7 nitrogen and oxygen atoms in total. The molecule has 0 saturated carbocycles. The number of furan rings is 1. The first-order valence-corrected chi connectivity index (χ1v) is 9.88. The molecular weight excluding hydrogens is 383 g/mol. The fourth-order valence-corrected chi connectivity index (χ4v) is 4.86. The van der Waals surface area contributed by atoms with Crippen LogP contribution in [0.3, 0.4) is 0 Å². The Balaban J connectivity index is 1.47. The minimum Gasteiger partial charge on any atom is -0.461 e. The summed E-state index contributed by atoms with van der Waals surface area (Å²) in [6.45, 7) is 2.63. The van der Waals surface area contributed by atoms with E-state index in [9.17, 15) is 9.18 Å². The van der Waals surface area contributed by atoms with Crippen molar-refractivity contribution in [3.63, 3.8) is 0 Å². The number of nitrogens with zero attached hydrogens (tertiary/aromatic N) is 4. The van der Waals surface area contributed by atoms with Crippen LogP contribution in [0.4, 0.5) is 4.39 Å². The molecule has 2 atom stereocenters. The second kappa shape index (κ2) is 7.16. The summed E-state index contributed by atoms with van der Waals surface area (Å²) in [5.41, 5.74) is 0.895. The van der Waals surface area contributed by atoms with E-state index in [0.717, 1.165) is 5.56 Å². The zero-order valence-corrected chi connectivity index (χ0v) is 15.6. The molecule has 2 unspecified atom stereocenters. The number of hydrogen-bond acceptors (Lipinski definition) is 7. The van der Waals surface area contributed by atoms with Crippen molar-refractivity contribution in [1.29, 1.82) is 0 Å². The number of morpholine rings is 1. The predicted molar refractivity (Wildman–Crippen MR) is 99.5 cm³/mol. The number of rotatable bonds is 4. The first-order valence-electron chi connectivity index (χ1n) is 9.00. The summed E-state index contributed by atoms with van der Waals surface area (Å²) in [4.78, 5) is 19.9. The van der Waals surface area contributed by atoms with Crippen LogP contribution in [0.1, 0.15) is 16.4 Å². The molecule has 0 spiro atoms. The van der Waals surface area contributed by atoms with Gasteiger partial charge in [0.1, 0.15) is 11.1 Å². The van der Waals surface area contributed by atoms with E-state index in [1.54, 1.807) is 30.5 Å². The van der Waals surface area contributed by atoms with Gasteiger partial charge in [-0.15, -0.1) is 5.10 Å². The maximum Gasteiger partial charge on any atom is 0.264 e. The average Bonchev–Trinajstić information content (AvgIpc) is 3.43. The largest absolute Gasteiger partial charge is 0.461 e. The summed E-state index contributed by atoms with van der Waals surface area (Å²) in [6, 6.07) is 9.64. The predicted octanol–water partition coefficient (Wildman–Crippen LogP) is 2.87. The third kappa shape index (κ3) is 3.05. The van der Waals surface area contributed by atoms with Crippen LogP contribution in [-0.4, -0.2) is 57.1 Å². The lowest BCUT2D eigenvalue weighted by Gasteiger charge is -2.36. The Kier molecular flexibility index (Phi) is 4.50. The van der Waals surface area contributed by atoms with Crippen LogP contribution in [0.25, 0.3) is 11.6 Å². The molecule has 4 heterocycles. The van der Waals surface area contributed by atoms with E-state index in [-0.39, 0.29) is 17.8 Å². The molecule has 28 heavy (non-hydrogen) atoms. The molecule has 1 fully saturated rings. The number of thioether (sulfide) groups is 1. The van der Waals surface area contributed by atoms with Crippen LogP contribution < -0.4 is 0 Å². The Morgan fingerprint density at radius 2 is 1.96 bits per heavy atom. The molecule has 1 aromatic carbocycles. The lowest BCUT2D eigenvalue weighted by atomic mass is 10.0. The average molecular weight is 400 g/mol. The fraction of sp³-hybridized carbons (Fsp3) is 0.316. The van der Waals surface area contributed by atoms with Crippen LogP contribution in [0.2, 0.25) is 0 Å². The number of ether oxygens (including phenoxy) is 1. The van der Waals surface area contributed by atoms with Gasteiger partial charge in [0.05, 0.1) is 25.5 Å². The van der Waals surface area contributed by atoms with Gasteiger partial charge in [0.15, 0.2) is 10.9 Å². The number of carbonyl (C=O) groups is 1. The summed E-state index contributed by atoms with van der Waals surface area (Å²) in [5.74, 6) is 0.484. The van der Waals surface area contributed by atoms with Gasteiger partial charge < -0.3 is 9.15 Å². The Labute approximate surface area is 164 Å². The van der Waals surface area contributed by atoms with E-state index < -0.39 is 5.25 Å². The Hall–Kier alpha value is -2.49. The summed E-state index contributed by atoms with van der Waals surface area (Å²) < 4.78 is 25.6. The third-order valence-electron chi connectivity index (χ3n) is 4.94. The molecule has 0 radical (unpaired) electrons. The van der Waals surface area contributed by atoms with Crippen molar-refractivity contribution in [3.05, 3.63) is 54.0 Å². The highest BCUT2D eigenvalue weighted by atomic mass is 32.2. The van der Waals surface area contributed by atoms with Crippen molar-refractivity contribution < 1.29 is 18.3 Å². The molecule has 1 saturated heterocycles. The van der Waals surface area contributed by atoms with Gasteiger partial charge in [-0.1, -0.05) is 23.9 Å². The number of fused-ring (bicyclic) bond motifs is 1. The third-order valence-corrected chi connectivity index (χ3v) is 6.13. The first-order chi connectivity index (χ1) is 13.7. The molecule has 5 rings (SSSR count). The molecule has 0 bridgehead atoms. The monoisotopic (exact) mass is 400 g/mol. The lowest BCUT2D eigenvalue weighted by Crippen LogP contribution is -2.44. The number of carbonyl (C=O) groups excluding carboxylic acids is 1. The number of halogens is 1. The molecule has 2 aromatic heterocycles. The molecule has 9 heteroatoms. The van der Waals surface area contributed by atoms with Gasteiger partial charge in [-0.05, 0) is 29.8 Å². The van der Waals surface area contributed by atoms with Gasteiger partial charge in [0.25, 0.3) is 5.91 Å². The van der Waals surface area contributed by atoms with E-state index in [1.807, 2.05) is 0 Å². The molecule has 2 aliphatic rings. The van der Waals surface area contributed by atoms with Crippen molar-refractivity contribution >= 4 is 17.7 Å². The lowest BCUT2D eigenvalue weighted by molar-refractivity contribution is 0.0152. The van der Waals surface area contributed by atoms with E-state index in [4.69, 9.17) is 9.15 Å². The number of aromatic nitrogens is 3. The Bertz CT molecular complexity index is 983. The van der Waals surface area contributed by atoms with Crippen LogP contribution in [0, 0.1) is 5.82 Å². The van der Waals surface area contributed by atoms with Crippen molar-refractivity contribution in [3.8, 4) is 11.6 Å². The molecule has 2 aliphatic heterocycles. The van der Waals surface area contributed by atoms with Crippen molar-refractivity contribution in [2.24, 2.45) is 0 Å². The summed E-state index contributed by atoms with van der Waals surface area (Å²) >= 11 is 1.39. The van der Waals surface area contributed by atoms with E-state index in [1.165, 1.54) is 28.6 Å². The zero-order chi connectivity index (χ0) is 19.1. The highest BCUT2D eigenvalue weighted by Crippen LogP contribution is 2.41. The maximum atomic E-state index is 13.5. The van der Waals surface area contributed by atoms with Crippen LogP contribution >= 0.6 is 11.8 Å². The Morgan fingerprint density at radius 3 is 2.64 bits per heavy atom. The fourth-order valence-electron chi connectivity index (χ4n) is 3.60. The SMILES string of the molecule is O=C1C(C(c2ccc(F)cc2)N2CCOCC2)Sc2nc(-c3ccco3)nn21. The van der Waals surface area contributed by atoms with Crippen LogP contribution in [0.15, 0.2) is 52.2 Å². The zero-order valence-electron chi connectivity index (χ0n) is 14.8. The molecular formula is C19H17FN4O3S. The van der Waals surface area contributed by atoms with Gasteiger partial charge in [-0.25, -0.2) is 4.39 Å². The highest BCUT2D eigenvalue weighted by Gasteiger charge is 2.43. The van der Waals surface area contributed by atoms with Gasteiger partial charge in [0.2, 0.25) is 5.82 Å². The molecule has 144 valence electrons. The van der Waals surface area contributed by atoms with Gasteiger partial charge in [-0.2, -0.15) is 9.67 Å². The van der Waals surface area contributed by atoms with Crippen molar-refractivity contribution in [2.45, 2.75) is 16.4 Å². The van der Waals surface area contributed by atoms with Gasteiger partial charge in [0, 0.05) is 13.1 Å². The number of hydrogen-bond donors (Lipinski definition) is 0. The minimum atomic E-state index is -0.413. The van der Waals surface area contributed by atoms with Crippen molar-refractivity contribution in [1.82, 2.24) is 19.7 Å². The highest BCUT2D eigenvalue weighted by molar-refractivity contribution is 8.00. The molecule has 0 N–H and O–H groups in total. The van der Waals surface area contributed by atoms with Crippen LogP contribution in [-0.2, 0) is 4.74 Å². The standard InChI is InChI=1S/C19H17FN4O3S/c20-13-5-3-12(4-6-13)15(23-7-10-26-11-8-23)16-18(25)24-19(28-16)21-17(22-24)14-2-1-9-27-14/h1-6,9,15-16H,7-8,10-11H2. The summed E-state index contributed by atoms with van der Waals surface area (Å²) in [7, 11) is 0. The first kappa shape index (κ1) is 17.6. The smallest absolute Gasteiger partial charge is 0.264 e. The maximum absolute atomic E-state index is 13.5. The molecule has 0 amide bonds. The topological polar surface area (TPSA) is 73.4 Å². The molecule has 3 aromatic rings. The van der Waals surface area contributed by atoms with Crippen LogP contribution in [0.5, 0.6) is 0 Å². The van der Waals surface area contributed by atoms with Crippen molar-refractivity contribution in [2.75, 3.05) is 26.3 Å². The Morgan fingerprint density at radius 1 is 1.18 bits per heavy atom. The number of benzene rings is 1. The van der Waals surface area contributed by atoms with E-state index >= 15 is 0 Å². The van der Waals surface area contributed by atoms with E-state index in [2.05, 4.69) is 15.0 Å². The second-order valence-electron chi connectivity index (χ2n) is 6.63. The minimum absolute atomic E-state index is 0.133.